The SMILES string of the molecule is CCCCc1c(O)cc(O)c(CCCC)c1CCCC. The first-order valence-corrected chi connectivity index (χ1v) is 8.21. The number of benzene rings is 1. The Kier molecular flexibility index (Phi) is 7.50. The van der Waals surface area contributed by atoms with Crippen LogP contribution in [0.25, 0.3) is 0 Å². The summed E-state index contributed by atoms with van der Waals surface area (Å²) < 4.78 is 0. The van der Waals surface area contributed by atoms with Gasteiger partial charge in [-0.15, -0.1) is 0 Å². The van der Waals surface area contributed by atoms with E-state index in [9.17, 15) is 10.2 Å². The quantitative estimate of drug-likeness (QED) is 0.657. The van der Waals surface area contributed by atoms with Crippen molar-refractivity contribution in [3.63, 3.8) is 0 Å². The smallest absolute Gasteiger partial charge is 0.122 e. The molecule has 0 amide bonds. The molecule has 0 saturated heterocycles. The summed E-state index contributed by atoms with van der Waals surface area (Å²) in [6, 6.07) is 1.55. The Morgan fingerprint density at radius 2 is 1.00 bits per heavy atom. The number of phenols is 2. The van der Waals surface area contributed by atoms with Crippen molar-refractivity contribution in [1.82, 2.24) is 0 Å². The average Bonchev–Trinajstić information content (AvgIpc) is 2.43. The Hall–Kier alpha value is -1.18. The van der Waals surface area contributed by atoms with Crippen molar-refractivity contribution >= 4 is 0 Å². The van der Waals surface area contributed by atoms with Crippen LogP contribution in [-0.4, -0.2) is 10.2 Å². The molecule has 0 bridgehead atoms. The largest absolute Gasteiger partial charge is 0.508 e. The van der Waals surface area contributed by atoms with E-state index in [2.05, 4.69) is 20.8 Å². The van der Waals surface area contributed by atoms with Gasteiger partial charge in [-0.05, 0) is 55.2 Å². The second kappa shape index (κ2) is 8.89. The van der Waals surface area contributed by atoms with Crippen molar-refractivity contribution in [1.29, 1.82) is 0 Å². The zero-order valence-corrected chi connectivity index (χ0v) is 13.3. The lowest BCUT2D eigenvalue weighted by atomic mass is 9.89. The first kappa shape index (κ1) is 16.9. The van der Waals surface area contributed by atoms with Gasteiger partial charge in [0, 0.05) is 6.07 Å². The maximum atomic E-state index is 10.2. The van der Waals surface area contributed by atoms with E-state index in [-0.39, 0.29) is 11.5 Å². The van der Waals surface area contributed by atoms with Crippen LogP contribution in [0.15, 0.2) is 6.07 Å². The van der Waals surface area contributed by atoms with Crippen LogP contribution in [0, 0.1) is 0 Å². The lowest BCUT2D eigenvalue weighted by Crippen LogP contribution is -2.03. The van der Waals surface area contributed by atoms with E-state index in [4.69, 9.17) is 0 Å². The van der Waals surface area contributed by atoms with E-state index in [0.29, 0.717) is 0 Å². The van der Waals surface area contributed by atoms with Crippen LogP contribution in [0.5, 0.6) is 11.5 Å². The Morgan fingerprint density at radius 3 is 1.35 bits per heavy atom. The molecule has 0 fully saturated rings. The maximum Gasteiger partial charge on any atom is 0.122 e. The molecule has 0 aliphatic rings. The predicted octanol–water partition coefficient (Wildman–Crippen LogP) is 5.13. The van der Waals surface area contributed by atoms with Crippen LogP contribution < -0.4 is 0 Å². The van der Waals surface area contributed by atoms with E-state index in [1.54, 1.807) is 6.07 Å². The van der Waals surface area contributed by atoms with Crippen LogP contribution >= 0.6 is 0 Å². The monoisotopic (exact) mass is 278 g/mol. The van der Waals surface area contributed by atoms with E-state index in [1.165, 1.54) is 5.56 Å². The highest BCUT2D eigenvalue weighted by atomic mass is 16.3. The molecule has 2 heteroatoms. The lowest BCUT2D eigenvalue weighted by molar-refractivity contribution is 0.437. The summed E-state index contributed by atoms with van der Waals surface area (Å²) in [5.74, 6) is 0.560. The van der Waals surface area contributed by atoms with Gasteiger partial charge in [-0.25, -0.2) is 0 Å². The summed E-state index contributed by atoms with van der Waals surface area (Å²) in [7, 11) is 0. The topological polar surface area (TPSA) is 40.5 Å². The summed E-state index contributed by atoms with van der Waals surface area (Å²) in [5, 5.41) is 20.4. The number of hydrogen-bond acceptors (Lipinski definition) is 2. The van der Waals surface area contributed by atoms with Crippen molar-refractivity contribution in [2.45, 2.75) is 78.6 Å². The normalized spacial score (nSPS) is 10.9. The van der Waals surface area contributed by atoms with Crippen molar-refractivity contribution in [3.8, 4) is 11.5 Å². The molecule has 2 nitrogen and oxygen atoms in total. The minimum absolute atomic E-state index is 0.280. The molecule has 0 aliphatic heterocycles. The molecule has 1 aromatic carbocycles. The van der Waals surface area contributed by atoms with Gasteiger partial charge in [0.25, 0.3) is 0 Å². The fourth-order valence-corrected chi connectivity index (χ4v) is 2.72. The third kappa shape index (κ3) is 4.43. The van der Waals surface area contributed by atoms with Crippen molar-refractivity contribution in [2.24, 2.45) is 0 Å². The minimum Gasteiger partial charge on any atom is -0.508 e. The first-order valence-electron chi connectivity index (χ1n) is 8.21. The summed E-state index contributed by atoms with van der Waals surface area (Å²) in [6.45, 7) is 6.52. The van der Waals surface area contributed by atoms with Gasteiger partial charge in [0.15, 0.2) is 0 Å². The van der Waals surface area contributed by atoms with Crippen molar-refractivity contribution < 1.29 is 10.2 Å². The van der Waals surface area contributed by atoms with Crippen LogP contribution in [-0.2, 0) is 19.3 Å². The van der Waals surface area contributed by atoms with E-state index in [1.807, 2.05) is 0 Å². The van der Waals surface area contributed by atoms with Gasteiger partial charge in [0.05, 0.1) is 0 Å². The third-order valence-corrected chi connectivity index (χ3v) is 3.96. The van der Waals surface area contributed by atoms with Gasteiger partial charge in [-0.2, -0.15) is 0 Å². The van der Waals surface area contributed by atoms with Gasteiger partial charge in [0.1, 0.15) is 11.5 Å². The second-order valence-electron chi connectivity index (χ2n) is 5.66. The molecule has 1 aromatic rings. The fourth-order valence-electron chi connectivity index (χ4n) is 2.72. The average molecular weight is 278 g/mol. The van der Waals surface area contributed by atoms with Gasteiger partial charge < -0.3 is 10.2 Å². The molecule has 114 valence electrons. The van der Waals surface area contributed by atoms with E-state index >= 15 is 0 Å². The third-order valence-electron chi connectivity index (χ3n) is 3.96. The Bertz CT molecular complexity index is 378. The summed E-state index contributed by atoms with van der Waals surface area (Å²) in [4.78, 5) is 0. The van der Waals surface area contributed by atoms with Gasteiger partial charge in [-0.3, -0.25) is 0 Å². The summed E-state index contributed by atoms with van der Waals surface area (Å²) >= 11 is 0. The van der Waals surface area contributed by atoms with E-state index in [0.717, 1.165) is 68.9 Å². The zero-order chi connectivity index (χ0) is 15.0. The molecule has 0 radical (unpaired) electrons. The molecule has 0 saturated carbocycles. The van der Waals surface area contributed by atoms with Crippen molar-refractivity contribution in [3.05, 3.63) is 22.8 Å². The van der Waals surface area contributed by atoms with Gasteiger partial charge in [-0.1, -0.05) is 40.0 Å². The van der Waals surface area contributed by atoms with Crippen molar-refractivity contribution in [2.75, 3.05) is 0 Å². The minimum atomic E-state index is 0.280. The van der Waals surface area contributed by atoms with Crippen LogP contribution in [0.1, 0.15) is 76.0 Å². The maximum absolute atomic E-state index is 10.2. The lowest BCUT2D eigenvalue weighted by Gasteiger charge is -2.18. The molecule has 0 spiro atoms. The van der Waals surface area contributed by atoms with Gasteiger partial charge >= 0.3 is 0 Å². The molecule has 1 rings (SSSR count). The van der Waals surface area contributed by atoms with Crippen LogP contribution in [0.2, 0.25) is 0 Å². The number of rotatable bonds is 9. The molecular weight excluding hydrogens is 248 g/mol. The number of hydrogen-bond donors (Lipinski definition) is 2. The highest BCUT2D eigenvalue weighted by molar-refractivity contribution is 5.52. The Morgan fingerprint density at radius 1 is 0.650 bits per heavy atom. The zero-order valence-electron chi connectivity index (χ0n) is 13.3. The highest BCUT2D eigenvalue weighted by Gasteiger charge is 2.16. The molecule has 2 N–H and O–H groups in total. The van der Waals surface area contributed by atoms with E-state index < -0.39 is 0 Å². The summed E-state index contributed by atoms with van der Waals surface area (Å²) in [6.07, 6.45) is 9.47. The standard InChI is InChI=1S/C18H30O2/c1-4-7-10-14-15(11-8-5-2)17(19)13-18(20)16(14)12-9-6-3/h13,19-20H,4-12H2,1-3H3. The second-order valence-corrected chi connectivity index (χ2v) is 5.66. The molecule has 0 aliphatic carbocycles. The molecule has 0 heterocycles. The Balaban J connectivity index is 3.16. The summed E-state index contributed by atoms with van der Waals surface area (Å²) in [5.41, 5.74) is 3.36. The Labute approximate surface area is 123 Å². The van der Waals surface area contributed by atoms with Crippen LogP contribution in [0.4, 0.5) is 0 Å². The first-order chi connectivity index (χ1) is 9.65. The predicted molar refractivity (Wildman–Crippen MR) is 85.6 cm³/mol. The highest BCUT2D eigenvalue weighted by Crippen LogP contribution is 2.35. The molecule has 20 heavy (non-hydrogen) atoms. The fraction of sp³-hybridized carbons (Fsp3) is 0.667. The molecular formula is C18H30O2. The molecule has 0 aromatic heterocycles. The number of phenolic OH excluding ortho intramolecular Hbond substituents is 2. The molecule has 0 unspecified atom stereocenters. The van der Waals surface area contributed by atoms with Gasteiger partial charge in [0.2, 0.25) is 0 Å². The number of unbranched alkanes of at least 4 members (excludes halogenated alkanes) is 3. The molecule has 0 atom stereocenters. The number of aromatic hydroxyl groups is 2. The van der Waals surface area contributed by atoms with Crippen LogP contribution in [0.3, 0.4) is 0 Å².